The van der Waals surface area contributed by atoms with Crippen LogP contribution in [0.2, 0.25) is 0 Å². The Kier molecular flexibility index (Phi) is 4.77. The Bertz CT molecular complexity index is 350. The SMILES string of the molecule is COc1ccc(CN(C)CCO)c(C)c1C. The van der Waals surface area contributed by atoms with Gasteiger partial charge in [0, 0.05) is 13.1 Å². The van der Waals surface area contributed by atoms with E-state index in [0.29, 0.717) is 6.54 Å². The van der Waals surface area contributed by atoms with Crippen molar-refractivity contribution in [3.63, 3.8) is 0 Å². The number of ether oxygens (including phenoxy) is 1. The molecule has 1 aromatic carbocycles. The minimum atomic E-state index is 0.199. The van der Waals surface area contributed by atoms with Crippen LogP contribution in [0.5, 0.6) is 5.75 Å². The summed E-state index contributed by atoms with van der Waals surface area (Å²) < 4.78 is 5.28. The molecule has 90 valence electrons. The van der Waals surface area contributed by atoms with Crippen LogP contribution in [0.15, 0.2) is 12.1 Å². The highest BCUT2D eigenvalue weighted by molar-refractivity contribution is 5.43. The average molecular weight is 223 g/mol. The van der Waals surface area contributed by atoms with E-state index in [0.717, 1.165) is 12.3 Å². The van der Waals surface area contributed by atoms with E-state index >= 15 is 0 Å². The number of hydrogen-bond acceptors (Lipinski definition) is 3. The molecule has 0 amide bonds. The standard InChI is InChI=1S/C13H21NO2/c1-10-11(2)13(16-4)6-5-12(10)9-14(3)7-8-15/h5-6,15H,7-9H2,1-4H3. The summed E-state index contributed by atoms with van der Waals surface area (Å²) in [6, 6.07) is 4.10. The maximum atomic E-state index is 8.86. The van der Waals surface area contributed by atoms with E-state index in [1.165, 1.54) is 16.7 Å². The number of rotatable bonds is 5. The molecule has 0 aromatic heterocycles. The third-order valence-electron chi connectivity index (χ3n) is 2.99. The van der Waals surface area contributed by atoms with Gasteiger partial charge in [-0.3, -0.25) is 4.90 Å². The van der Waals surface area contributed by atoms with Gasteiger partial charge in [0.25, 0.3) is 0 Å². The molecule has 0 saturated carbocycles. The summed E-state index contributed by atoms with van der Waals surface area (Å²) in [5.41, 5.74) is 3.75. The Morgan fingerprint density at radius 2 is 1.94 bits per heavy atom. The lowest BCUT2D eigenvalue weighted by molar-refractivity contribution is 0.217. The van der Waals surface area contributed by atoms with E-state index in [4.69, 9.17) is 9.84 Å². The second kappa shape index (κ2) is 5.87. The molecule has 3 nitrogen and oxygen atoms in total. The Morgan fingerprint density at radius 1 is 1.25 bits per heavy atom. The van der Waals surface area contributed by atoms with Crippen molar-refractivity contribution in [3.05, 3.63) is 28.8 Å². The molecular weight excluding hydrogens is 202 g/mol. The minimum absolute atomic E-state index is 0.199. The van der Waals surface area contributed by atoms with E-state index in [9.17, 15) is 0 Å². The maximum Gasteiger partial charge on any atom is 0.122 e. The van der Waals surface area contributed by atoms with E-state index in [-0.39, 0.29) is 6.61 Å². The van der Waals surface area contributed by atoms with Gasteiger partial charge in [-0.1, -0.05) is 6.07 Å². The molecule has 1 aromatic rings. The molecule has 0 atom stereocenters. The van der Waals surface area contributed by atoms with Gasteiger partial charge in [-0.25, -0.2) is 0 Å². The zero-order valence-electron chi connectivity index (χ0n) is 10.6. The molecule has 0 saturated heterocycles. The van der Waals surface area contributed by atoms with Crippen molar-refractivity contribution in [1.29, 1.82) is 0 Å². The number of hydrogen-bond donors (Lipinski definition) is 1. The topological polar surface area (TPSA) is 32.7 Å². The van der Waals surface area contributed by atoms with Crippen LogP contribution in [0.4, 0.5) is 0 Å². The number of likely N-dealkylation sites (N-methyl/N-ethyl adjacent to an activating group) is 1. The molecule has 3 heteroatoms. The van der Waals surface area contributed by atoms with Crippen LogP contribution in [-0.4, -0.2) is 37.3 Å². The van der Waals surface area contributed by atoms with Crippen LogP contribution in [-0.2, 0) is 6.54 Å². The third kappa shape index (κ3) is 2.97. The minimum Gasteiger partial charge on any atom is -0.496 e. The first-order valence-corrected chi connectivity index (χ1v) is 5.52. The zero-order valence-corrected chi connectivity index (χ0v) is 10.6. The van der Waals surface area contributed by atoms with Gasteiger partial charge in [-0.15, -0.1) is 0 Å². The summed E-state index contributed by atoms with van der Waals surface area (Å²) in [7, 11) is 3.70. The first-order chi connectivity index (χ1) is 7.60. The Morgan fingerprint density at radius 3 is 2.50 bits per heavy atom. The molecule has 0 aliphatic heterocycles. The summed E-state index contributed by atoms with van der Waals surface area (Å²) in [4.78, 5) is 2.11. The molecule has 0 aliphatic rings. The van der Waals surface area contributed by atoms with Gasteiger partial charge in [-0.05, 0) is 43.7 Å². The van der Waals surface area contributed by atoms with Gasteiger partial charge >= 0.3 is 0 Å². The van der Waals surface area contributed by atoms with Crippen LogP contribution in [0.25, 0.3) is 0 Å². The van der Waals surface area contributed by atoms with Gasteiger partial charge in [0.05, 0.1) is 13.7 Å². The monoisotopic (exact) mass is 223 g/mol. The quantitative estimate of drug-likeness (QED) is 0.825. The van der Waals surface area contributed by atoms with Gasteiger partial charge in [-0.2, -0.15) is 0 Å². The lowest BCUT2D eigenvalue weighted by atomic mass is 10.0. The van der Waals surface area contributed by atoms with Crippen molar-refractivity contribution in [3.8, 4) is 5.75 Å². The van der Waals surface area contributed by atoms with Gasteiger partial charge < -0.3 is 9.84 Å². The van der Waals surface area contributed by atoms with Crippen LogP contribution < -0.4 is 4.74 Å². The highest BCUT2D eigenvalue weighted by Crippen LogP contribution is 2.24. The van der Waals surface area contributed by atoms with Crippen LogP contribution >= 0.6 is 0 Å². The van der Waals surface area contributed by atoms with E-state index in [1.807, 2.05) is 13.1 Å². The predicted molar refractivity (Wildman–Crippen MR) is 65.9 cm³/mol. The lowest BCUT2D eigenvalue weighted by Crippen LogP contribution is -2.22. The first-order valence-electron chi connectivity index (χ1n) is 5.52. The first kappa shape index (κ1) is 13.0. The average Bonchev–Trinajstić information content (AvgIpc) is 2.25. The number of aliphatic hydroxyl groups is 1. The van der Waals surface area contributed by atoms with Gasteiger partial charge in [0.2, 0.25) is 0 Å². The number of methoxy groups -OCH3 is 1. The van der Waals surface area contributed by atoms with Crippen LogP contribution in [0.1, 0.15) is 16.7 Å². The fourth-order valence-corrected chi connectivity index (χ4v) is 1.78. The number of benzene rings is 1. The summed E-state index contributed by atoms with van der Waals surface area (Å²) in [5, 5.41) is 8.86. The zero-order chi connectivity index (χ0) is 12.1. The van der Waals surface area contributed by atoms with E-state index < -0.39 is 0 Å². The van der Waals surface area contributed by atoms with Crippen molar-refractivity contribution in [2.45, 2.75) is 20.4 Å². The summed E-state index contributed by atoms with van der Waals surface area (Å²) >= 11 is 0. The fraction of sp³-hybridized carbons (Fsp3) is 0.538. The molecule has 1 N–H and O–H groups in total. The molecule has 0 spiro atoms. The molecule has 0 fully saturated rings. The van der Waals surface area contributed by atoms with Gasteiger partial charge in [0.15, 0.2) is 0 Å². The molecule has 0 unspecified atom stereocenters. The van der Waals surface area contributed by atoms with Crippen LogP contribution in [0.3, 0.4) is 0 Å². The van der Waals surface area contributed by atoms with Crippen LogP contribution in [0, 0.1) is 13.8 Å². The second-order valence-electron chi connectivity index (χ2n) is 4.14. The van der Waals surface area contributed by atoms with Crippen molar-refractivity contribution >= 4 is 0 Å². The highest BCUT2D eigenvalue weighted by atomic mass is 16.5. The third-order valence-corrected chi connectivity index (χ3v) is 2.99. The molecular formula is C13H21NO2. The number of aliphatic hydroxyl groups excluding tert-OH is 1. The summed E-state index contributed by atoms with van der Waals surface area (Å²) in [6.07, 6.45) is 0. The maximum absolute atomic E-state index is 8.86. The van der Waals surface area contributed by atoms with Crippen molar-refractivity contribution in [2.75, 3.05) is 27.3 Å². The van der Waals surface area contributed by atoms with Gasteiger partial charge in [0.1, 0.15) is 5.75 Å². The molecule has 0 radical (unpaired) electrons. The van der Waals surface area contributed by atoms with E-state index in [2.05, 4.69) is 24.8 Å². The second-order valence-corrected chi connectivity index (χ2v) is 4.14. The molecule has 0 aliphatic carbocycles. The lowest BCUT2D eigenvalue weighted by Gasteiger charge is -2.18. The van der Waals surface area contributed by atoms with Crippen molar-refractivity contribution in [2.24, 2.45) is 0 Å². The molecule has 0 bridgehead atoms. The fourth-order valence-electron chi connectivity index (χ4n) is 1.78. The molecule has 1 rings (SSSR count). The van der Waals surface area contributed by atoms with Crippen molar-refractivity contribution in [1.82, 2.24) is 4.90 Å². The summed E-state index contributed by atoms with van der Waals surface area (Å²) in [5.74, 6) is 0.936. The smallest absolute Gasteiger partial charge is 0.122 e. The van der Waals surface area contributed by atoms with Crippen molar-refractivity contribution < 1.29 is 9.84 Å². The number of nitrogens with zero attached hydrogens (tertiary/aromatic N) is 1. The normalized spacial score (nSPS) is 10.9. The molecule has 0 heterocycles. The Balaban J connectivity index is 2.86. The summed E-state index contributed by atoms with van der Waals surface area (Å²) in [6.45, 7) is 5.94. The Labute approximate surface area is 97.7 Å². The predicted octanol–water partition coefficient (Wildman–Crippen LogP) is 1.74. The Hall–Kier alpha value is -1.06. The molecule has 16 heavy (non-hydrogen) atoms. The largest absolute Gasteiger partial charge is 0.496 e. The van der Waals surface area contributed by atoms with E-state index in [1.54, 1.807) is 7.11 Å². The highest BCUT2D eigenvalue weighted by Gasteiger charge is 2.08.